The van der Waals surface area contributed by atoms with E-state index in [0.29, 0.717) is 21.8 Å². The Labute approximate surface area is 148 Å². The van der Waals surface area contributed by atoms with E-state index in [1.807, 2.05) is 25.1 Å². The van der Waals surface area contributed by atoms with Crippen LogP contribution in [0, 0.1) is 12.1 Å². The third kappa shape index (κ3) is 3.72. The summed E-state index contributed by atoms with van der Waals surface area (Å²) >= 11 is 7.71. The number of aryl methyl sites for hydroxylation is 1. The molecule has 0 unspecified atom stereocenters. The van der Waals surface area contributed by atoms with Gasteiger partial charge in [-0.3, -0.25) is 10.1 Å². The van der Waals surface area contributed by atoms with Crippen LogP contribution in [0.3, 0.4) is 0 Å². The van der Waals surface area contributed by atoms with Gasteiger partial charge in [0, 0.05) is 34.7 Å². The van der Waals surface area contributed by atoms with Crippen molar-refractivity contribution in [3.05, 3.63) is 80.7 Å². The summed E-state index contributed by atoms with van der Waals surface area (Å²) in [5.41, 5.74) is 2.47. The van der Waals surface area contributed by atoms with Crippen LogP contribution in [0.5, 0.6) is 0 Å². The van der Waals surface area contributed by atoms with Gasteiger partial charge in [-0.15, -0.1) is 11.3 Å². The molecule has 0 radical (unpaired) electrons. The topological polar surface area (TPSA) is 68.9 Å². The molecule has 5 nitrogen and oxygen atoms in total. The molecule has 0 aliphatic rings. The van der Waals surface area contributed by atoms with Gasteiger partial charge in [-0.2, -0.15) is 4.73 Å². The Kier molecular flexibility index (Phi) is 4.78. The first kappa shape index (κ1) is 16.4. The Morgan fingerprint density at radius 1 is 1.33 bits per heavy atom. The summed E-state index contributed by atoms with van der Waals surface area (Å²) in [6.07, 6.45) is 4.95. The normalized spacial score (nSPS) is 10.6. The van der Waals surface area contributed by atoms with Crippen LogP contribution in [0.25, 0.3) is 0 Å². The number of carbonyl (C=O) groups is 1. The molecule has 0 bridgehead atoms. The molecule has 24 heavy (non-hydrogen) atoms. The number of pyridine rings is 1. The summed E-state index contributed by atoms with van der Waals surface area (Å²) in [5, 5.41) is 15.0. The third-order valence-electron chi connectivity index (χ3n) is 3.47. The Balaban J connectivity index is 1.70. The first-order chi connectivity index (χ1) is 11.5. The van der Waals surface area contributed by atoms with Gasteiger partial charge in [0.15, 0.2) is 17.5 Å². The smallest absolute Gasteiger partial charge is 0.257 e. The summed E-state index contributed by atoms with van der Waals surface area (Å²) < 4.78 is 0.629. The molecule has 0 spiro atoms. The van der Waals surface area contributed by atoms with Crippen LogP contribution in [0.2, 0.25) is 5.02 Å². The van der Waals surface area contributed by atoms with Gasteiger partial charge in [0.05, 0.1) is 5.56 Å². The number of aromatic nitrogens is 2. The van der Waals surface area contributed by atoms with Crippen LogP contribution in [0.15, 0.2) is 48.9 Å². The Morgan fingerprint density at radius 3 is 2.83 bits per heavy atom. The van der Waals surface area contributed by atoms with Gasteiger partial charge in [-0.05, 0) is 18.1 Å². The number of hydrogen-bond donors (Lipinski definition) is 1. The highest BCUT2D eigenvalue weighted by Crippen LogP contribution is 2.26. The number of benzene rings is 1. The Hall–Kier alpha value is -2.44. The molecule has 0 atom stereocenters. The molecule has 2 heterocycles. The minimum Gasteiger partial charge on any atom is -0.619 e. The zero-order valence-corrected chi connectivity index (χ0v) is 14.4. The van der Waals surface area contributed by atoms with Crippen LogP contribution in [-0.2, 0) is 6.42 Å². The molecule has 0 aliphatic heterocycles. The van der Waals surface area contributed by atoms with Crippen molar-refractivity contribution in [1.82, 2.24) is 4.98 Å². The lowest BCUT2D eigenvalue weighted by molar-refractivity contribution is -0.605. The lowest BCUT2D eigenvalue weighted by Crippen LogP contribution is -2.25. The van der Waals surface area contributed by atoms with Gasteiger partial charge in [0.25, 0.3) is 5.91 Å². The number of hydrogen-bond acceptors (Lipinski definition) is 4. The summed E-state index contributed by atoms with van der Waals surface area (Å²) in [6.45, 7) is 1.97. The molecule has 2 aromatic heterocycles. The second-order valence-corrected chi connectivity index (χ2v) is 6.75. The number of nitrogens with one attached hydrogen (secondary N) is 1. The van der Waals surface area contributed by atoms with Crippen molar-refractivity contribution in [2.75, 3.05) is 5.32 Å². The predicted molar refractivity (Wildman–Crippen MR) is 94.5 cm³/mol. The maximum atomic E-state index is 12.1. The highest BCUT2D eigenvalue weighted by atomic mass is 35.5. The zero-order valence-electron chi connectivity index (χ0n) is 12.8. The molecule has 0 fully saturated rings. The quantitative estimate of drug-likeness (QED) is 0.571. The third-order valence-corrected chi connectivity index (χ3v) is 4.93. The van der Waals surface area contributed by atoms with Crippen molar-refractivity contribution in [3.8, 4) is 0 Å². The van der Waals surface area contributed by atoms with E-state index >= 15 is 0 Å². The van der Waals surface area contributed by atoms with Gasteiger partial charge < -0.3 is 5.21 Å². The zero-order chi connectivity index (χ0) is 17.1. The average Bonchev–Trinajstić information content (AvgIpc) is 2.99. The maximum Gasteiger partial charge on any atom is 0.257 e. The van der Waals surface area contributed by atoms with Crippen molar-refractivity contribution < 1.29 is 9.52 Å². The SMILES string of the molecule is Cc1cccc(Cc2cnc(NC(=O)c3cc[n+]([O-])cc3)s2)c1Cl. The van der Waals surface area contributed by atoms with Crippen molar-refractivity contribution in [3.63, 3.8) is 0 Å². The van der Waals surface area contributed by atoms with E-state index in [2.05, 4.69) is 10.3 Å². The summed E-state index contributed by atoms with van der Waals surface area (Å²) in [7, 11) is 0. The lowest BCUT2D eigenvalue weighted by atomic mass is 10.1. The van der Waals surface area contributed by atoms with E-state index in [0.717, 1.165) is 21.0 Å². The first-order valence-electron chi connectivity index (χ1n) is 7.22. The van der Waals surface area contributed by atoms with Gasteiger partial charge in [-0.25, -0.2) is 4.98 Å². The summed E-state index contributed by atoms with van der Waals surface area (Å²) in [4.78, 5) is 17.3. The van der Waals surface area contributed by atoms with E-state index < -0.39 is 0 Å². The first-order valence-corrected chi connectivity index (χ1v) is 8.41. The largest absolute Gasteiger partial charge is 0.619 e. The molecular formula is C17H14ClN3O2S. The molecule has 3 aromatic rings. The van der Waals surface area contributed by atoms with Crippen molar-refractivity contribution in [1.29, 1.82) is 0 Å². The van der Waals surface area contributed by atoms with Crippen LogP contribution in [0.4, 0.5) is 5.13 Å². The Morgan fingerprint density at radius 2 is 2.08 bits per heavy atom. The van der Waals surface area contributed by atoms with Crippen molar-refractivity contribution in [2.24, 2.45) is 0 Å². The molecule has 1 amide bonds. The average molecular weight is 360 g/mol. The molecule has 0 saturated carbocycles. The predicted octanol–water partition coefficient (Wildman–Crippen LogP) is 3.58. The van der Waals surface area contributed by atoms with Crippen LogP contribution < -0.4 is 10.0 Å². The molecular weight excluding hydrogens is 346 g/mol. The fourth-order valence-corrected chi connectivity index (χ4v) is 3.24. The van der Waals surface area contributed by atoms with Crippen LogP contribution >= 0.6 is 22.9 Å². The number of anilines is 1. The standard InChI is InChI=1S/C17H14ClN3O2S/c1-11-3-2-4-13(15(11)18)9-14-10-19-17(24-14)20-16(22)12-5-7-21(23)8-6-12/h2-8,10H,9H2,1H3,(H,19,20,22). The number of carbonyl (C=O) groups excluding carboxylic acids is 1. The molecule has 7 heteroatoms. The molecule has 122 valence electrons. The van der Waals surface area contributed by atoms with E-state index in [1.54, 1.807) is 6.20 Å². The number of nitrogens with zero attached hydrogens (tertiary/aromatic N) is 2. The van der Waals surface area contributed by atoms with E-state index in [9.17, 15) is 10.0 Å². The fourth-order valence-electron chi connectivity index (χ4n) is 2.21. The molecule has 0 saturated heterocycles. The Bertz CT molecular complexity index is 878. The second kappa shape index (κ2) is 6.98. The van der Waals surface area contributed by atoms with Crippen LogP contribution in [0.1, 0.15) is 26.4 Å². The van der Waals surface area contributed by atoms with Crippen molar-refractivity contribution >= 4 is 34.0 Å². The number of thiazole rings is 1. The molecule has 3 rings (SSSR count). The minimum atomic E-state index is -0.301. The van der Waals surface area contributed by atoms with E-state index in [4.69, 9.17) is 11.6 Å². The number of rotatable bonds is 4. The number of amides is 1. The maximum absolute atomic E-state index is 12.1. The van der Waals surface area contributed by atoms with E-state index in [-0.39, 0.29) is 5.91 Å². The van der Waals surface area contributed by atoms with Crippen molar-refractivity contribution in [2.45, 2.75) is 13.3 Å². The minimum absolute atomic E-state index is 0.301. The van der Waals surface area contributed by atoms with Gasteiger partial charge >= 0.3 is 0 Å². The number of halogens is 1. The van der Waals surface area contributed by atoms with Gasteiger partial charge in [-0.1, -0.05) is 29.8 Å². The van der Waals surface area contributed by atoms with Gasteiger partial charge in [0.2, 0.25) is 0 Å². The summed E-state index contributed by atoms with van der Waals surface area (Å²) in [6, 6.07) is 8.84. The monoisotopic (exact) mass is 359 g/mol. The lowest BCUT2D eigenvalue weighted by Gasteiger charge is -2.04. The molecule has 0 aliphatic carbocycles. The molecule has 1 N–H and O–H groups in total. The van der Waals surface area contributed by atoms with Crippen LogP contribution in [-0.4, -0.2) is 10.9 Å². The fraction of sp³-hybridized carbons (Fsp3) is 0.118. The van der Waals surface area contributed by atoms with Gasteiger partial charge in [0.1, 0.15) is 0 Å². The highest BCUT2D eigenvalue weighted by molar-refractivity contribution is 7.15. The highest BCUT2D eigenvalue weighted by Gasteiger charge is 2.11. The second-order valence-electron chi connectivity index (χ2n) is 5.26. The summed E-state index contributed by atoms with van der Waals surface area (Å²) in [5.74, 6) is -0.301. The molecule has 1 aromatic carbocycles. The van der Waals surface area contributed by atoms with E-state index in [1.165, 1.54) is 35.9 Å².